The molecule has 0 saturated heterocycles. The van der Waals surface area contributed by atoms with Crippen molar-refractivity contribution in [2.75, 3.05) is 47.5 Å². The number of nitrogens with zero attached hydrogens (tertiary/aromatic N) is 1. The highest BCUT2D eigenvalue weighted by Crippen LogP contribution is 2.43. The quantitative estimate of drug-likeness (QED) is 0.0278. The van der Waals surface area contributed by atoms with Gasteiger partial charge in [-0.2, -0.15) is 0 Å². The predicted octanol–water partition coefficient (Wildman–Crippen LogP) is 21.4. The van der Waals surface area contributed by atoms with Gasteiger partial charge in [0.1, 0.15) is 19.8 Å². The zero-order chi connectivity index (χ0) is 55.6. The monoisotopic (exact) mass is 1100 g/mol. The van der Waals surface area contributed by atoms with Crippen LogP contribution >= 0.6 is 7.82 Å². The average Bonchev–Trinajstić information content (AvgIpc) is 3.38. The number of rotatable bonds is 64. The van der Waals surface area contributed by atoms with Gasteiger partial charge in [-0.25, -0.2) is 4.57 Å². The van der Waals surface area contributed by atoms with Gasteiger partial charge in [-0.05, 0) is 12.8 Å². The van der Waals surface area contributed by atoms with Crippen molar-refractivity contribution in [3.63, 3.8) is 0 Å². The number of likely N-dealkylation sites (N-methyl/N-ethyl adjacent to an activating group) is 1. The Morgan fingerprint density at radius 3 is 0.842 bits per heavy atom. The molecule has 0 aliphatic heterocycles. The van der Waals surface area contributed by atoms with E-state index in [1.54, 1.807) is 0 Å². The molecule has 0 heterocycles. The molecule has 454 valence electrons. The molecule has 0 aromatic rings. The van der Waals surface area contributed by atoms with Crippen LogP contribution in [0.4, 0.5) is 0 Å². The van der Waals surface area contributed by atoms with Gasteiger partial charge < -0.3 is 18.9 Å². The summed E-state index contributed by atoms with van der Waals surface area (Å²) in [5, 5.41) is 0. The number of esters is 2. The first-order valence-corrected chi connectivity index (χ1v) is 35.3. The van der Waals surface area contributed by atoms with Crippen molar-refractivity contribution in [3.8, 4) is 0 Å². The Kier molecular flexibility index (Phi) is 57.9. The third-order valence-electron chi connectivity index (χ3n) is 15.6. The number of hydrogen-bond acceptors (Lipinski definition) is 7. The minimum Gasteiger partial charge on any atom is -0.462 e. The van der Waals surface area contributed by atoms with Crippen LogP contribution in [-0.4, -0.2) is 74.9 Å². The minimum absolute atomic E-state index is 0.0377. The lowest BCUT2D eigenvalue weighted by Crippen LogP contribution is -2.37. The van der Waals surface area contributed by atoms with Gasteiger partial charge >= 0.3 is 19.8 Å². The standard InChI is InChI=1S/C66H132NO8P/c1-6-8-10-12-14-16-18-20-22-24-26-28-30-32-34-36-38-40-42-44-46-48-50-52-54-56-58-65(68)72-62-64(63-74-76(70,71)73-61-60-67(3,4)5)75-66(69)59-57-55-53-51-49-47-45-43-41-39-37-35-33-31-29-27-25-23-21-19-17-15-13-11-9-7-2/h64H,6-63H2,1-5H3/p+1. The molecule has 2 unspecified atom stereocenters. The number of carbonyl (C=O) groups is 2. The van der Waals surface area contributed by atoms with E-state index in [0.717, 1.165) is 38.5 Å². The largest absolute Gasteiger partial charge is 0.472 e. The lowest BCUT2D eigenvalue weighted by molar-refractivity contribution is -0.870. The molecule has 10 heteroatoms. The molecule has 0 aromatic heterocycles. The number of phosphoric ester groups is 1. The molecule has 0 aromatic carbocycles. The molecular weight excluding hydrogens is 966 g/mol. The molecule has 0 fully saturated rings. The number of ether oxygens (including phenoxy) is 2. The number of phosphoric acid groups is 1. The highest BCUT2D eigenvalue weighted by Gasteiger charge is 2.27. The average molecular weight is 1100 g/mol. The number of hydrogen-bond donors (Lipinski definition) is 1. The summed E-state index contributed by atoms with van der Waals surface area (Å²) in [5.41, 5.74) is 0. The predicted molar refractivity (Wildman–Crippen MR) is 326 cm³/mol. The summed E-state index contributed by atoms with van der Waals surface area (Å²) < 4.78 is 34.7. The number of quaternary nitrogens is 1. The lowest BCUT2D eigenvalue weighted by atomic mass is 10.0. The van der Waals surface area contributed by atoms with Crippen molar-refractivity contribution >= 4 is 19.8 Å². The summed E-state index contributed by atoms with van der Waals surface area (Å²) in [6.07, 6.45) is 69.2. The molecule has 9 nitrogen and oxygen atoms in total. The molecule has 1 N–H and O–H groups in total. The van der Waals surface area contributed by atoms with Crippen molar-refractivity contribution in [2.45, 2.75) is 367 Å². The Bertz CT molecular complexity index is 1240. The zero-order valence-corrected chi connectivity index (χ0v) is 52.7. The van der Waals surface area contributed by atoms with Gasteiger partial charge in [0.05, 0.1) is 27.7 Å². The molecule has 0 saturated carbocycles. The topological polar surface area (TPSA) is 108 Å². The van der Waals surface area contributed by atoms with Gasteiger partial charge in [0.2, 0.25) is 0 Å². The van der Waals surface area contributed by atoms with E-state index in [4.69, 9.17) is 18.5 Å². The zero-order valence-electron chi connectivity index (χ0n) is 51.8. The maximum absolute atomic E-state index is 12.9. The number of carbonyl (C=O) groups excluding carboxylic acids is 2. The highest BCUT2D eigenvalue weighted by atomic mass is 31.2. The van der Waals surface area contributed by atoms with Crippen LogP contribution in [-0.2, 0) is 32.7 Å². The molecule has 0 amide bonds. The minimum atomic E-state index is -4.38. The van der Waals surface area contributed by atoms with Crippen molar-refractivity contribution in [1.82, 2.24) is 0 Å². The maximum atomic E-state index is 12.9. The number of unbranched alkanes of at least 4 members (excludes halogenated alkanes) is 50. The van der Waals surface area contributed by atoms with Crippen LogP contribution in [0.5, 0.6) is 0 Å². The Balaban J connectivity index is 4.00. The Morgan fingerprint density at radius 2 is 0.592 bits per heavy atom. The van der Waals surface area contributed by atoms with E-state index in [-0.39, 0.29) is 25.6 Å². The SMILES string of the molecule is CCCCCCCCCCCCCCCCCCCCCCCCCCCCC(=O)OCC(COP(=O)(O)OCC[N+](C)(C)C)OC(=O)CCCCCCCCCCCCCCCCCCCCCCCCCCCC. The van der Waals surface area contributed by atoms with Gasteiger partial charge in [0.25, 0.3) is 0 Å². The second kappa shape index (κ2) is 58.7. The Labute approximate surface area is 474 Å². The van der Waals surface area contributed by atoms with Crippen LogP contribution in [0.3, 0.4) is 0 Å². The van der Waals surface area contributed by atoms with E-state index < -0.39 is 26.5 Å². The third-order valence-corrected chi connectivity index (χ3v) is 16.6. The van der Waals surface area contributed by atoms with Gasteiger partial charge in [0.15, 0.2) is 6.10 Å². The molecule has 0 aliphatic rings. The van der Waals surface area contributed by atoms with Crippen molar-refractivity contribution < 1.29 is 42.1 Å². The third kappa shape index (κ3) is 62.2. The van der Waals surface area contributed by atoms with Crippen molar-refractivity contribution in [2.24, 2.45) is 0 Å². The first-order chi connectivity index (χ1) is 37.0. The van der Waals surface area contributed by atoms with Crippen LogP contribution in [0.1, 0.15) is 361 Å². The van der Waals surface area contributed by atoms with E-state index in [1.165, 1.54) is 295 Å². The molecular formula is C66H133NO8P+. The van der Waals surface area contributed by atoms with Crippen LogP contribution in [0, 0.1) is 0 Å². The molecule has 76 heavy (non-hydrogen) atoms. The van der Waals surface area contributed by atoms with E-state index in [1.807, 2.05) is 21.1 Å². The van der Waals surface area contributed by atoms with Crippen LogP contribution in [0.15, 0.2) is 0 Å². The van der Waals surface area contributed by atoms with Crippen LogP contribution in [0.25, 0.3) is 0 Å². The fourth-order valence-electron chi connectivity index (χ4n) is 10.4. The Morgan fingerprint density at radius 1 is 0.355 bits per heavy atom. The summed E-state index contributed by atoms with van der Waals surface area (Å²) >= 11 is 0. The van der Waals surface area contributed by atoms with Gasteiger partial charge in [-0.1, -0.05) is 335 Å². The van der Waals surface area contributed by atoms with Crippen molar-refractivity contribution in [3.05, 3.63) is 0 Å². The van der Waals surface area contributed by atoms with Crippen LogP contribution in [0.2, 0.25) is 0 Å². The normalized spacial score (nSPS) is 13.1. The van der Waals surface area contributed by atoms with E-state index in [2.05, 4.69) is 13.8 Å². The highest BCUT2D eigenvalue weighted by molar-refractivity contribution is 7.47. The van der Waals surface area contributed by atoms with E-state index >= 15 is 0 Å². The molecule has 2 atom stereocenters. The van der Waals surface area contributed by atoms with Gasteiger partial charge in [0, 0.05) is 12.8 Å². The van der Waals surface area contributed by atoms with E-state index in [9.17, 15) is 19.0 Å². The maximum Gasteiger partial charge on any atom is 0.472 e. The molecule has 0 radical (unpaired) electrons. The van der Waals surface area contributed by atoms with Crippen LogP contribution < -0.4 is 0 Å². The first-order valence-electron chi connectivity index (χ1n) is 33.8. The van der Waals surface area contributed by atoms with Crippen molar-refractivity contribution in [1.29, 1.82) is 0 Å². The smallest absolute Gasteiger partial charge is 0.462 e. The summed E-state index contributed by atoms with van der Waals surface area (Å²) in [6.45, 7) is 4.53. The molecule has 0 aliphatic carbocycles. The second-order valence-corrected chi connectivity index (χ2v) is 26.0. The first kappa shape index (κ1) is 75.0. The van der Waals surface area contributed by atoms with Gasteiger partial charge in [-0.15, -0.1) is 0 Å². The summed E-state index contributed by atoms with van der Waals surface area (Å²) in [7, 11) is 1.51. The summed E-state index contributed by atoms with van der Waals surface area (Å²) in [6, 6.07) is 0. The second-order valence-electron chi connectivity index (χ2n) is 24.6. The summed E-state index contributed by atoms with van der Waals surface area (Å²) in [4.78, 5) is 35.8. The molecule has 0 bridgehead atoms. The summed E-state index contributed by atoms with van der Waals surface area (Å²) in [5.74, 6) is -0.768. The van der Waals surface area contributed by atoms with Gasteiger partial charge in [-0.3, -0.25) is 18.6 Å². The fourth-order valence-corrected chi connectivity index (χ4v) is 11.2. The lowest BCUT2D eigenvalue weighted by Gasteiger charge is -2.24. The molecule has 0 rings (SSSR count). The fraction of sp³-hybridized carbons (Fsp3) is 0.970. The Hall–Kier alpha value is -0.990. The van der Waals surface area contributed by atoms with E-state index in [0.29, 0.717) is 17.4 Å². The molecule has 0 spiro atoms.